The van der Waals surface area contributed by atoms with Crippen molar-refractivity contribution in [3.05, 3.63) is 228 Å². The molecule has 3 aliphatic carbocycles. The molecule has 7 heteroatoms. The third-order valence-corrected chi connectivity index (χ3v) is 12.6. The normalized spacial score (nSPS) is 14.7. The number of benzene rings is 8. The van der Waals surface area contributed by atoms with Crippen molar-refractivity contribution < 1.29 is 4.42 Å². The molecule has 0 saturated heterocycles. The van der Waals surface area contributed by atoms with Gasteiger partial charge in [-0.1, -0.05) is 170 Å². The third kappa shape index (κ3) is 5.74. The highest BCUT2D eigenvalue weighted by molar-refractivity contribution is 6.09. The highest BCUT2D eigenvalue weighted by atomic mass is 16.3. The highest BCUT2D eigenvalue weighted by Gasteiger charge is 2.41. The lowest BCUT2D eigenvalue weighted by molar-refractivity contribution is 0.669. The average molecular weight is 807 g/mol. The van der Waals surface area contributed by atoms with Crippen LogP contribution >= 0.6 is 0 Å². The Balaban J connectivity index is 0.953. The Hall–Kier alpha value is -8.42. The van der Waals surface area contributed by atoms with E-state index in [0.717, 1.165) is 55.3 Å². The van der Waals surface area contributed by atoms with Crippen LogP contribution in [0.5, 0.6) is 0 Å². The number of para-hydroxylation sites is 2. The fourth-order valence-electron chi connectivity index (χ4n) is 9.70. The minimum absolute atomic E-state index is 0.0162. The molecule has 0 N–H and O–H groups in total. The van der Waals surface area contributed by atoms with Crippen LogP contribution in [-0.2, 0) is 0 Å². The Kier molecular flexibility index (Phi) is 7.90. The Morgan fingerprint density at radius 1 is 0.286 bits per heavy atom. The van der Waals surface area contributed by atoms with Crippen molar-refractivity contribution in [1.82, 2.24) is 29.9 Å². The van der Waals surface area contributed by atoms with Gasteiger partial charge in [-0.25, -0.2) is 29.9 Å². The molecular formula is C56H34N6O. The lowest BCUT2D eigenvalue weighted by Crippen LogP contribution is -2.27. The maximum absolute atomic E-state index is 6.48. The Morgan fingerprint density at radius 2 is 0.683 bits per heavy atom. The molecular weight excluding hydrogens is 773 g/mol. The fraction of sp³-hybridized carbons (Fsp3) is 0.0357. The highest BCUT2D eigenvalue weighted by Crippen LogP contribution is 2.56. The van der Waals surface area contributed by atoms with E-state index >= 15 is 0 Å². The van der Waals surface area contributed by atoms with Crippen LogP contribution in [0, 0.1) is 0 Å². The molecule has 3 aliphatic rings. The van der Waals surface area contributed by atoms with Crippen molar-refractivity contribution >= 4 is 21.9 Å². The first kappa shape index (κ1) is 35.3. The lowest BCUT2D eigenvalue weighted by Gasteiger charge is -2.42. The molecule has 63 heavy (non-hydrogen) atoms. The summed E-state index contributed by atoms with van der Waals surface area (Å²) in [6.07, 6.45) is 0. The van der Waals surface area contributed by atoms with Gasteiger partial charge < -0.3 is 4.42 Å². The van der Waals surface area contributed by atoms with Gasteiger partial charge in [-0.15, -0.1) is 0 Å². The van der Waals surface area contributed by atoms with E-state index in [-0.39, 0.29) is 11.8 Å². The topological polar surface area (TPSA) is 90.5 Å². The molecule has 294 valence electrons. The van der Waals surface area contributed by atoms with Crippen molar-refractivity contribution in [1.29, 1.82) is 0 Å². The molecule has 7 nitrogen and oxygen atoms in total. The molecule has 8 aromatic carbocycles. The first-order valence-corrected chi connectivity index (χ1v) is 21.2. The van der Waals surface area contributed by atoms with Gasteiger partial charge in [0.1, 0.15) is 11.2 Å². The molecule has 2 atom stereocenters. The molecule has 14 rings (SSSR count). The molecule has 0 saturated carbocycles. The van der Waals surface area contributed by atoms with Crippen LogP contribution in [0.1, 0.15) is 45.2 Å². The van der Waals surface area contributed by atoms with E-state index in [1.807, 2.05) is 121 Å². The largest absolute Gasteiger partial charge is 0.455 e. The number of aromatic nitrogens is 6. The second-order valence-electron chi connectivity index (χ2n) is 16.2. The maximum atomic E-state index is 6.48. The van der Waals surface area contributed by atoms with Gasteiger partial charge in [-0.2, -0.15) is 0 Å². The van der Waals surface area contributed by atoms with Gasteiger partial charge in [0.15, 0.2) is 34.9 Å². The van der Waals surface area contributed by atoms with E-state index in [4.69, 9.17) is 34.3 Å². The summed E-state index contributed by atoms with van der Waals surface area (Å²) in [5.74, 6) is 3.76. The zero-order chi connectivity index (χ0) is 41.4. The molecule has 3 aromatic heterocycles. The number of rotatable bonds is 6. The lowest BCUT2D eigenvalue weighted by atomic mass is 9.61. The minimum Gasteiger partial charge on any atom is -0.455 e. The number of fused-ring (bicyclic) bond motifs is 3. The smallest absolute Gasteiger partial charge is 0.167 e. The summed E-state index contributed by atoms with van der Waals surface area (Å²) in [4.78, 5) is 30.6. The van der Waals surface area contributed by atoms with Gasteiger partial charge in [-0.3, -0.25) is 0 Å². The van der Waals surface area contributed by atoms with Gasteiger partial charge >= 0.3 is 0 Å². The Morgan fingerprint density at radius 3 is 1.19 bits per heavy atom. The Labute approximate surface area is 362 Å². The van der Waals surface area contributed by atoms with Crippen LogP contribution in [0.2, 0.25) is 0 Å². The Bertz CT molecular complexity index is 3530. The zero-order valence-electron chi connectivity index (χ0n) is 33.7. The van der Waals surface area contributed by atoms with Crippen LogP contribution in [0.15, 0.2) is 199 Å². The quantitative estimate of drug-likeness (QED) is 0.165. The van der Waals surface area contributed by atoms with E-state index in [1.165, 1.54) is 33.4 Å². The first-order chi connectivity index (χ1) is 31.2. The predicted octanol–water partition coefficient (Wildman–Crippen LogP) is 12.9. The average Bonchev–Trinajstić information content (AvgIpc) is 3.75. The van der Waals surface area contributed by atoms with E-state index in [1.54, 1.807) is 0 Å². The summed E-state index contributed by atoms with van der Waals surface area (Å²) >= 11 is 0. The van der Waals surface area contributed by atoms with Crippen LogP contribution in [0.4, 0.5) is 0 Å². The first-order valence-electron chi connectivity index (χ1n) is 21.2. The van der Waals surface area contributed by atoms with Gasteiger partial charge in [0.05, 0.1) is 5.56 Å². The van der Waals surface area contributed by atoms with Gasteiger partial charge in [-0.05, 0) is 57.6 Å². The van der Waals surface area contributed by atoms with Crippen molar-refractivity contribution in [2.24, 2.45) is 0 Å². The van der Waals surface area contributed by atoms with E-state index in [9.17, 15) is 0 Å². The third-order valence-electron chi connectivity index (χ3n) is 12.6. The van der Waals surface area contributed by atoms with E-state index in [2.05, 4.69) is 72.8 Å². The molecule has 2 unspecified atom stereocenters. The molecule has 0 amide bonds. The van der Waals surface area contributed by atoms with Gasteiger partial charge in [0.2, 0.25) is 0 Å². The van der Waals surface area contributed by atoms with Crippen LogP contribution in [-0.4, -0.2) is 29.9 Å². The standard InChI is InChI=1S/C56H34N6O/c1-4-15-33(16-5-1)51-57-52(34-17-6-2-7-18-34)59-54(58-51)36-27-29-41-45(31-36)48-39-22-10-11-23-40(39)49(41)46-32-37(28-30-42(46)48)55-60-53(35-19-8-3-9-20-35)61-56(62-55)44-25-14-24-43-38-21-12-13-26-47(38)63-50(43)44/h1-32,48-49H. The summed E-state index contributed by atoms with van der Waals surface area (Å²) in [6.45, 7) is 0. The second-order valence-corrected chi connectivity index (χ2v) is 16.2. The van der Waals surface area contributed by atoms with Crippen LogP contribution in [0.3, 0.4) is 0 Å². The van der Waals surface area contributed by atoms with E-state index < -0.39 is 0 Å². The zero-order valence-corrected chi connectivity index (χ0v) is 33.7. The van der Waals surface area contributed by atoms with Crippen molar-refractivity contribution in [2.75, 3.05) is 0 Å². The minimum atomic E-state index is 0.0162. The number of nitrogens with zero attached hydrogens (tertiary/aromatic N) is 6. The molecule has 11 aromatic rings. The number of furan rings is 1. The van der Waals surface area contributed by atoms with Gasteiger partial charge in [0.25, 0.3) is 0 Å². The molecule has 0 radical (unpaired) electrons. The summed E-state index contributed by atoms with van der Waals surface area (Å²) in [6, 6.07) is 67.1. The summed E-state index contributed by atoms with van der Waals surface area (Å²) in [5.41, 5.74) is 14.9. The molecule has 0 fully saturated rings. The summed E-state index contributed by atoms with van der Waals surface area (Å²) in [7, 11) is 0. The van der Waals surface area contributed by atoms with Crippen molar-refractivity contribution in [2.45, 2.75) is 11.8 Å². The number of hydrogen-bond acceptors (Lipinski definition) is 7. The van der Waals surface area contributed by atoms with Crippen molar-refractivity contribution in [3.8, 4) is 68.3 Å². The molecule has 3 heterocycles. The molecule has 2 bridgehead atoms. The van der Waals surface area contributed by atoms with Gasteiger partial charge in [0, 0.05) is 50.4 Å². The molecule has 0 aliphatic heterocycles. The van der Waals surface area contributed by atoms with E-state index in [0.29, 0.717) is 34.9 Å². The predicted molar refractivity (Wildman–Crippen MR) is 248 cm³/mol. The van der Waals surface area contributed by atoms with Crippen LogP contribution < -0.4 is 0 Å². The van der Waals surface area contributed by atoms with Crippen molar-refractivity contribution in [3.63, 3.8) is 0 Å². The summed E-state index contributed by atoms with van der Waals surface area (Å²) in [5, 5.41) is 2.09. The van der Waals surface area contributed by atoms with Crippen LogP contribution in [0.25, 0.3) is 90.3 Å². The maximum Gasteiger partial charge on any atom is 0.167 e. The fourth-order valence-corrected chi connectivity index (χ4v) is 9.70. The summed E-state index contributed by atoms with van der Waals surface area (Å²) < 4.78 is 6.48. The number of hydrogen-bond donors (Lipinski definition) is 0. The SMILES string of the molecule is c1ccc(-c2nc(-c3ccccc3)nc(-c3ccc4c(c3)C3c5ccccc5C4c4cc(-c5nc(-c6ccccc6)nc(-c6cccc7c6oc6ccccc67)n5)ccc43)n2)cc1. The second kappa shape index (κ2) is 14.1. The molecule has 0 spiro atoms. The monoisotopic (exact) mass is 806 g/mol.